The fourth-order valence-corrected chi connectivity index (χ4v) is 2.11. The van der Waals surface area contributed by atoms with E-state index in [0.29, 0.717) is 11.7 Å². The van der Waals surface area contributed by atoms with Crippen LogP contribution in [-0.4, -0.2) is 29.8 Å². The highest BCUT2D eigenvalue weighted by molar-refractivity contribution is 5.77. The first-order valence-electron chi connectivity index (χ1n) is 7.77. The van der Waals surface area contributed by atoms with Crippen LogP contribution in [0.2, 0.25) is 0 Å². The fraction of sp³-hybridized carbons (Fsp3) is 0.167. The van der Waals surface area contributed by atoms with E-state index < -0.39 is 11.7 Å². The molecule has 0 radical (unpaired) electrons. The molecule has 3 rings (SSSR count). The zero-order valence-electron chi connectivity index (χ0n) is 13.9. The number of halogens is 1. The van der Waals surface area contributed by atoms with Gasteiger partial charge in [0.25, 0.3) is 11.8 Å². The summed E-state index contributed by atoms with van der Waals surface area (Å²) in [4.78, 5) is 16.0. The largest absolute Gasteiger partial charge is 0.497 e. The summed E-state index contributed by atoms with van der Waals surface area (Å²) in [6, 6.07) is 13.0. The summed E-state index contributed by atoms with van der Waals surface area (Å²) in [5, 5.41) is 6.39. The average molecular weight is 357 g/mol. The molecule has 0 unspecified atom stereocenters. The quantitative estimate of drug-likeness (QED) is 0.699. The molecule has 0 aliphatic rings. The Hall–Kier alpha value is -3.42. The van der Waals surface area contributed by atoms with Crippen molar-refractivity contribution < 1.29 is 23.2 Å². The summed E-state index contributed by atoms with van der Waals surface area (Å²) < 4.78 is 28.8. The van der Waals surface area contributed by atoms with E-state index in [0.717, 1.165) is 11.3 Å². The Bertz CT molecular complexity index is 880. The van der Waals surface area contributed by atoms with Crippen molar-refractivity contribution in [3.8, 4) is 23.0 Å². The third kappa shape index (κ3) is 4.35. The van der Waals surface area contributed by atoms with Gasteiger partial charge in [-0.05, 0) is 36.4 Å². The second-order valence-corrected chi connectivity index (χ2v) is 5.24. The van der Waals surface area contributed by atoms with Gasteiger partial charge in [0.15, 0.2) is 24.0 Å². The van der Waals surface area contributed by atoms with Crippen LogP contribution in [0.5, 0.6) is 11.5 Å². The maximum Gasteiger partial charge on any atom is 0.258 e. The van der Waals surface area contributed by atoms with E-state index in [1.54, 1.807) is 43.5 Å². The molecule has 0 saturated carbocycles. The van der Waals surface area contributed by atoms with Crippen molar-refractivity contribution in [3.63, 3.8) is 0 Å². The number of nitrogens with one attached hydrogen (secondary N) is 1. The topological polar surface area (TPSA) is 86.5 Å². The molecular formula is C18H16FN3O4. The van der Waals surface area contributed by atoms with E-state index >= 15 is 0 Å². The van der Waals surface area contributed by atoms with Crippen molar-refractivity contribution in [2.45, 2.75) is 6.54 Å². The minimum Gasteiger partial charge on any atom is -0.497 e. The summed E-state index contributed by atoms with van der Waals surface area (Å²) in [7, 11) is 1.58. The number of aromatic nitrogens is 2. The first-order chi connectivity index (χ1) is 12.7. The van der Waals surface area contributed by atoms with Crippen molar-refractivity contribution in [3.05, 3.63) is 60.2 Å². The van der Waals surface area contributed by atoms with Crippen LogP contribution in [0.1, 0.15) is 5.82 Å². The third-order valence-corrected chi connectivity index (χ3v) is 3.44. The molecule has 0 aliphatic heterocycles. The summed E-state index contributed by atoms with van der Waals surface area (Å²) in [5.41, 5.74) is 0.735. The molecule has 0 fully saturated rings. The van der Waals surface area contributed by atoms with Crippen LogP contribution < -0.4 is 14.8 Å². The first-order valence-corrected chi connectivity index (χ1v) is 7.77. The van der Waals surface area contributed by atoms with E-state index in [1.807, 2.05) is 0 Å². The monoisotopic (exact) mass is 357 g/mol. The lowest BCUT2D eigenvalue weighted by atomic mass is 10.2. The fourth-order valence-electron chi connectivity index (χ4n) is 2.11. The molecule has 0 bridgehead atoms. The van der Waals surface area contributed by atoms with Gasteiger partial charge in [-0.25, -0.2) is 4.39 Å². The average Bonchev–Trinajstić information content (AvgIpc) is 3.15. The Morgan fingerprint density at radius 2 is 1.96 bits per heavy atom. The van der Waals surface area contributed by atoms with E-state index in [4.69, 9.17) is 14.0 Å². The van der Waals surface area contributed by atoms with Gasteiger partial charge in [-0.2, -0.15) is 4.98 Å². The van der Waals surface area contributed by atoms with E-state index in [2.05, 4.69) is 15.5 Å². The molecule has 0 atom stereocenters. The highest BCUT2D eigenvalue weighted by Gasteiger charge is 2.11. The zero-order valence-corrected chi connectivity index (χ0v) is 13.9. The van der Waals surface area contributed by atoms with Crippen LogP contribution in [0.15, 0.2) is 53.1 Å². The summed E-state index contributed by atoms with van der Waals surface area (Å²) >= 11 is 0. The highest BCUT2D eigenvalue weighted by Crippen LogP contribution is 2.20. The maximum absolute atomic E-state index is 13.4. The number of rotatable bonds is 7. The smallest absolute Gasteiger partial charge is 0.258 e. The maximum atomic E-state index is 13.4. The van der Waals surface area contributed by atoms with Crippen molar-refractivity contribution in [1.82, 2.24) is 15.5 Å². The van der Waals surface area contributed by atoms with Crippen molar-refractivity contribution >= 4 is 5.91 Å². The second kappa shape index (κ2) is 8.11. The molecule has 8 heteroatoms. The number of nitrogens with zero attached hydrogens (tertiary/aromatic N) is 2. The number of benzene rings is 2. The van der Waals surface area contributed by atoms with Gasteiger partial charge in [0, 0.05) is 5.56 Å². The molecule has 134 valence electrons. The van der Waals surface area contributed by atoms with Crippen LogP contribution in [0, 0.1) is 5.82 Å². The van der Waals surface area contributed by atoms with Crippen LogP contribution in [0.3, 0.4) is 0 Å². The Labute approximate surface area is 148 Å². The molecule has 1 aromatic heterocycles. The highest BCUT2D eigenvalue weighted by atomic mass is 19.1. The minimum absolute atomic E-state index is 0.0176. The molecule has 0 saturated heterocycles. The number of methoxy groups -OCH3 is 1. The molecule has 2 aromatic carbocycles. The summed E-state index contributed by atoms with van der Waals surface area (Å²) in [6.45, 7) is -0.247. The Morgan fingerprint density at radius 3 is 2.69 bits per heavy atom. The summed E-state index contributed by atoms with van der Waals surface area (Å²) in [5.74, 6) is 0.431. The van der Waals surface area contributed by atoms with Gasteiger partial charge in [0.05, 0.1) is 13.7 Å². The van der Waals surface area contributed by atoms with Gasteiger partial charge in [-0.1, -0.05) is 17.3 Å². The lowest BCUT2D eigenvalue weighted by molar-refractivity contribution is -0.123. The SMILES string of the molecule is COc1ccc(-c2nc(CNC(=O)COc3ccccc3F)no2)cc1. The predicted molar refractivity (Wildman–Crippen MR) is 90.0 cm³/mol. The van der Waals surface area contributed by atoms with E-state index in [1.165, 1.54) is 12.1 Å². The Kier molecular flexibility index (Phi) is 5.43. The Morgan fingerprint density at radius 1 is 1.19 bits per heavy atom. The third-order valence-electron chi connectivity index (χ3n) is 3.44. The van der Waals surface area contributed by atoms with Gasteiger partial charge >= 0.3 is 0 Å². The number of carbonyl (C=O) groups is 1. The molecule has 7 nitrogen and oxygen atoms in total. The van der Waals surface area contributed by atoms with Gasteiger partial charge in [0.2, 0.25) is 0 Å². The minimum atomic E-state index is -0.525. The predicted octanol–water partition coefficient (Wildman–Crippen LogP) is 2.58. The Balaban J connectivity index is 1.51. The van der Waals surface area contributed by atoms with Gasteiger partial charge in [-0.15, -0.1) is 0 Å². The number of carbonyl (C=O) groups excluding carboxylic acids is 1. The number of para-hydroxylation sites is 1. The van der Waals surface area contributed by atoms with Crippen molar-refractivity contribution in [2.75, 3.05) is 13.7 Å². The van der Waals surface area contributed by atoms with Crippen LogP contribution in [-0.2, 0) is 11.3 Å². The molecule has 1 N–H and O–H groups in total. The van der Waals surface area contributed by atoms with Gasteiger partial charge in [0.1, 0.15) is 5.75 Å². The first kappa shape index (κ1) is 17.4. The molecule has 26 heavy (non-hydrogen) atoms. The molecule has 1 amide bonds. The molecule has 1 heterocycles. The number of hydrogen-bond donors (Lipinski definition) is 1. The van der Waals surface area contributed by atoms with E-state index in [-0.39, 0.29) is 18.9 Å². The lowest BCUT2D eigenvalue weighted by Crippen LogP contribution is -2.28. The van der Waals surface area contributed by atoms with Gasteiger partial charge < -0.3 is 19.3 Å². The zero-order chi connectivity index (χ0) is 18.4. The molecular weight excluding hydrogens is 341 g/mol. The van der Waals surface area contributed by atoms with Crippen LogP contribution in [0.25, 0.3) is 11.5 Å². The molecule has 0 aliphatic carbocycles. The van der Waals surface area contributed by atoms with Crippen LogP contribution in [0.4, 0.5) is 4.39 Å². The van der Waals surface area contributed by atoms with Gasteiger partial charge in [-0.3, -0.25) is 4.79 Å². The number of amides is 1. The van der Waals surface area contributed by atoms with Crippen LogP contribution >= 0.6 is 0 Å². The lowest BCUT2D eigenvalue weighted by Gasteiger charge is -2.06. The summed E-state index contributed by atoms with van der Waals surface area (Å²) in [6.07, 6.45) is 0. The second-order valence-electron chi connectivity index (χ2n) is 5.24. The number of hydrogen-bond acceptors (Lipinski definition) is 6. The standard InChI is InChI=1S/C18H16FN3O4/c1-24-13-8-6-12(7-9-13)18-21-16(22-26-18)10-20-17(23)11-25-15-5-3-2-4-14(15)19/h2-9H,10-11H2,1H3,(H,20,23). The molecule has 0 spiro atoms. The van der Waals surface area contributed by atoms with Crippen molar-refractivity contribution in [2.24, 2.45) is 0 Å². The van der Waals surface area contributed by atoms with E-state index in [9.17, 15) is 9.18 Å². The normalized spacial score (nSPS) is 10.4. The number of ether oxygens (including phenoxy) is 2. The molecule has 3 aromatic rings. The van der Waals surface area contributed by atoms with Crippen molar-refractivity contribution in [1.29, 1.82) is 0 Å².